The summed E-state index contributed by atoms with van der Waals surface area (Å²) in [5.41, 5.74) is 15.3. The Balaban J connectivity index is 0.00000352. The predicted molar refractivity (Wildman–Crippen MR) is 231 cm³/mol. The molecule has 0 amide bonds. The van der Waals surface area contributed by atoms with Gasteiger partial charge in [-0.25, -0.2) is 0 Å². The molecule has 12 rings (SSSR count). The minimum absolute atomic E-state index is 0. The molecule has 0 aliphatic heterocycles. The molecule has 0 bridgehead atoms. The molecule has 0 fully saturated rings. The van der Waals surface area contributed by atoms with Crippen molar-refractivity contribution in [3.05, 3.63) is 169 Å². The van der Waals surface area contributed by atoms with Crippen LogP contribution in [0.15, 0.2) is 167 Å². The first kappa shape index (κ1) is 31.5. The number of nitrogens with zero attached hydrogens (tertiary/aromatic N) is 2. The van der Waals surface area contributed by atoms with Crippen LogP contribution in [-0.2, 0) is 0 Å². The zero-order valence-electron chi connectivity index (χ0n) is 29.7. The summed E-state index contributed by atoms with van der Waals surface area (Å²) >= 11 is 0. The maximum atomic E-state index is 6.41. The van der Waals surface area contributed by atoms with Crippen LogP contribution >= 0.6 is 0 Å². The molecule has 0 aliphatic carbocycles. The minimum atomic E-state index is 0. The Kier molecular flexibility index (Phi) is 6.57. The van der Waals surface area contributed by atoms with Gasteiger partial charge >= 0.3 is 0 Å². The molecule has 4 nitrogen and oxygen atoms in total. The minimum Gasteiger partial charge on any atom is -0.456 e. The van der Waals surface area contributed by atoms with E-state index in [0.29, 0.717) is 0 Å². The zero-order chi connectivity index (χ0) is 35.7. The van der Waals surface area contributed by atoms with Crippen LogP contribution in [0.4, 0.5) is 0 Å². The van der Waals surface area contributed by atoms with E-state index in [9.17, 15) is 0 Å². The highest BCUT2D eigenvalue weighted by Crippen LogP contribution is 2.40. The van der Waals surface area contributed by atoms with Gasteiger partial charge in [-0.2, -0.15) is 0 Å². The highest BCUT2D eigenvalue weighted by Gasteiger charge is 2.17. The lowest BCUT2D eigenvalue weighted by atomic mass is 10.0. The Morgan fingerprint density at radius 2 is 0.709 bits per heavy atom. The number of fused-ring (bicyclic) bond motifs is 12. The van der Waals surface area contributed by atoms with Crippen LogP contribution in [0.1, 0.15) is 18.6 Å². The number of para-hydroxylation sites is 2. The van der Waals surface area contributed by atoms with Gasteiger partial charge in [0.25, 0.3) is 0 Å². The Morgan fingerprint density at radius 3 is 1.16 bits per heavy atom. The first-order chi connectivity index (χ1) is 26.6. The lowest BCUT2D eigenvalue weighted by molar-refractivity contribution is 0.668. The smallest absolute Gasteiger partial charge is 0.135 e. The SMILES string of the molecule is C.Cc1ccc2c(c1)c1ccccc1n2-c1ccc2oc3ccc(-c4ccc5oc6ccc(-n7c8ccccc8c8cc(C)ccc87)cc6c5c4)cc3c2c1. The van der Waals surface area contributed by atoms with E-state index in [-0.39, 0.29) is 7.43 Å². The van der Waals surface area contributed by atoms with Gasteiger partial charge in [0.2, 0.25) is 0 Å². The van der Waals surface area contributed by atoms with Crippen LogP contribution < -0.4 is 0 Å². The second-order valence-corrected chi connectivity index (χ2v) is 14.7. The number of aryl methyl sites for hydroxylation is 2. The third kappa shape index (κ3) is 4.52. The second kappa shape index (κ2) is 11.5. The number of hydrogen-bond acceptors (Lipinski definition) is 2. The summed E-state index contributed by atoms with van der Waals surface area (Å²) in [5.74, 6) is 0. The van der Waals surface area contributed by atoms with Gasteiger partial charge in [0.05, 0.1) is 22.1 Å². The van der Waals surface area contributed by atoms with Gasteiger partial charge in [-0.15, -0.1) is 0 Å². The Labute approximate surface area is 317 Å². The summed E-state index contributed by atoms with van der Waals surface area (Å²) in [6.07, 6.45) is 0. The molecule has 0 radical (unpaired) electrons. The largest absolute Gasteiger partial charge is 0.456 e. The van der Waals surface area contributed by atoms with Gasteiger partial charge in [0.1, 0.15) is 22.3 Å². The van der Waals surface area contributed by atoms with Gasteiger partial charge in [-0.1, -0.05) is 79.2 Å². The van der Waals surface area contributed by atoms with Gasteiger partial charge in [0.15, 0.2) is 0 Å². The van der Waals surface area contributed by atoms with Crippen LogP contribution in [-0.4, -0.2) is 9.13 Å². The quantitative estimate of drug-likeness (QED) is 0.183. The molecule has 0 saturated heterocycles. The maximum Gasteiger partial charge on any atom is 0.135 e. The average Bonchev–Trinajstić information content (AvgIpc) is 3.94. The summed E-state index contributed by atoms with van der Waals surface area (Å²) in [5, 5.41) is 9.45. The van der Waals surface area contributed by atoms with Gasteiger partial charge in [-0.05, 0) is 122 Å². The van der Waals surface area contributed by atoms with Crippen LogP contribution in [0.5, 0.6) is 0 Å². The molecular weight excluding hydrogens is 673 g/mol. The van der Waals surface area contributed by atoms with Gasteiger partial charge in [0, 0.05) is 54.5 Å². The van der Waals surface area contributed by atoms with Crippen molar-refractivity contribution in [1.82, 2.24) is 9.13 Å². The van der Waals surface area contributed by atoms with Crippen molar-refractivity contribution in [2.45, 2.75) is 21.3 Å². The van der Waals surface area contributed by atoms with Gasteiger partial charge in [-0.3, -0.25) is 0 Å². The van der Waals surface area contributed by atoms with Crippen LogP contribution in [0, 0.1) is 13.8 Å². The van der Waals surface area contributed by atoms with Crippen molar-refractivity contribution in [3.63, 3.8) is 0 Å². The third-order valence-electron chi connectivity index (χ3n) is 11.4. The molecule has 0 N–H and O–H groups in total. The first-order valence-electron chi connectivity index (χ1n) is 18.5. The molecule has 55 heavy (non-hydrogen) atoms. The monoisotopic (exact) mass is 708 g/mol. The fraction of sp³-hybridized carbons (Fsp3) is 0.0588. The van der Waals surface area contributed by atoms with E-state index in [2.05, 4.69) is 181 Å². The van der Waals surface area contributed by atoms with E-state index in [1.54, 1.807) is 0 Å². The van der Waals surface area contributed by atoms with Crippen molar-refractivity contribution in [1.29, 1.82) is 0 Å². The summed E-state index contributed by atoms with van der Waals surface area (Å²) in [6.45, 7) is 4.31. The number of hydrogen-bond donors (Lipinski definition) is 0. The van der Waals surface area contributed by atoms with E-state index in [1.165, 1.54) is 54.7 Å². The molecule has 4 aromatic heterocycles. The molecule has 0 spiro atoms. The molecule has 8 aromatic carbocycles. The highest BCUT2D eigenvalue weighted by atomic mass is 16.3. The third-order valence-corrected chi connectivity index (χ3v) is 11.4. The van der Waals surface area contributed by atoms with E-state index < -0.39 is 0 Å². The molecule has 262 valence electrons. The number of aromatic nitrogens is 2. The van der Waals surface area contributed by atoms with Crippen molar-refractivity contribution in [3.8, 4) is 22.5 Å². The fourth-order valence-electron chi connectivity index (χ4n) is 8.90. The summed E-state index contributed by atoms with van der Waals surface area (Å²) in [7, 11) is 0. The summed E-state index contributed by atoms with van der Waals surface area (Å²) in [6, 6.07) is 57.0. The van der Waals surface area contributed by atoms with Crippen molar-refractivity contribution >= 4 is 87.5 Å². The highest BCUT2D eigenvalue weighted by molar-refractivity contribution is 6.13. The average molecular weight is 709 g/mol. The van der Waals surface area contributed by atoms with E-state index >= 15 is 0 Å². The van der Waals surface area contributed by atoms with Crippen LogP contribution in [0.3, 0.4) is 0 Å². The number of furan rings is 2. The molecule has 12 aromatic rings. The first-order valence-corrected chi connectivity index (χ1v) is 18.5. The topological polar surface area (TPSA) is 36.1 Å². The molecule has 0 atom stereocenters. The predicted octanol–water partition coefficient (Wildman–Crippen LogP) is 14.6. The summed E-state index contributed by atoms with van der Waals surface area (Å²) < 4.78 is 17.6. The van der Waals surface area contributed by atoms with Crippen molar-refractivity contribution < 1.29 is 8.83 Å². The lowest BCUT2D eigenvalue weighted by Gasteiger charge is -2.08. The molecule has 0 saturated carbocycles. The normalized spacial score (nSPS) is 12.0. The van der Waals surface area contributed by atoms with Crippen molar-refractivity contribution in [2.75, 3.05) is 0 Å². The number of rotatable bonds is 3. The Bertz CT molecular complexity index is 3300. The Hall–Kier alpha value is -7.04. The maximum absolute atomic E-state index is 6.41. The molecule has 0 aliphatic rings. The molecule has 4 heteroatoms. The molecule has 4 heterocycles. The standard InChI is InChI=1S/C50H32N2O2.CH4/c1-29-11-17-45-37(23-29)35-7-3-5-9-43(35)51(45)33-15-21-49-41(27-33)39-25-31(13-19-47(39)53-49)32-14-20-48-40(26-32)42-28-34(16-22-50(42)54-48)52-44-10-6-4-8-36(44)38-24-30(2)12-18-46(38)52;/h3-28H,1-2H3;1H4. The molecule has 0 unspecified atom stereocenters. The van der Waals surface area contributed by atoms with Crippen molar-refractivity contribution in [2.24, 2.45) is 0 Å². The molecular formula is C51H36N2O2. The van der Waals surface area contributed by atoms with Crippen LogP contribution in [0.25, 0.3) is 110 Å². The Morgan fingerprint density at radius 1 is 0.327 bits per heavy atom. The van der Waals surface area contributed by atoms with Gasteiger partial charge < -0.3 is 18.0 Å². The second-order valence-electron chi connectivity index (χ2n) is 14.7. The van der Waals surface area contributed by atoms with E-state index in [0.717, 1.165) is 66.4 Å². The zero-order valence-corrected chi connectivity index (χ0v) is 29.7. The van der Waals surface area contributed by atoms with E-state index in [1.807, 2.05) is 0 Å². The lowest BCUT2D eigenvalue weighted by Crippen LogP contribution is -1.93. The van der Waals surface area contributed by atoms with Crippen LogP contribution in [0.2, 0.25) is 0 Å². The fourth-order valence-corrected chi connectivity index (χ4v) is 8.90. The summed E-state index contributed by atoms with van der Waals surface area (Å²) in [4.78, 5) is 0. The van der Waals surface area contributed by atoms with E-state index in [4.69, 9.17) is 8.83 Å². The number of benzene rings is 8.